The van der Waals surface area contributed by atoms with Crippen molar-refractivity contribution in [3.8, 4) is 21.1 Å². The second-order valence-corrected chi connectivity index (χ2v) is 7.87. The van der Waals surface area contributed by atoms with E-state index in [1.807, 2.05) is 13.0 Å². The van der Waals surface area contributed by atoms with E-state index < -0.39 is 0 Å². The van der Waals surface area contributed by atoms with Crippen molar-refractivity contribution < 1.29 is 0 Å². The third kappa shape index (κ3) is 4.72. The molecule has 0 saturated heterocycles. The summed E-state index contributed by atoms with van der Waals surface area (Å²) in [5.41, 5.74) is 4.25. The first-order chi connectivity index (χ1) is 13.5. The summed E-state index contributed by atoms with van der Waals surface area (Å²) in [5, 5.41) is 11.8. The average Bonchev–Trinajstić information content (AvgIpc) is 3.08. The van der Waals surface area contributed by atoms with Crippen LogP contribution in [-0.4, -0.2) is 39.9 Å². The highest BCUT2D eigenvalue weighted by Gasteiger charge is 2.14. The minimum absolute atomic E-state index is 0.238. The quantitative estimate of drug-likeness (QED) is 0.463. The number of benzene rings is 1. The molecule has 0 aliphatic carbocycles. The van der Waals surface area contributed by atoms with Crippen LogP contribution in [0, 0.1) is 12.3 Å². The zero-order valence-electron chi connectivity index (χ0n) is 16.8. The molecule has 0 aliphatic rings. The fourth-order valence-electron chi connectivity index (χ4n) is 2.72. The van der Waals surface area contributed by atoms with Gasteiger partial charge >= 0.3 is 0 Å². The van der Waals surface area contributed by atoms with E-state index in [4.69, 9.17) is 10.4 Å². The highest BCUT2D eigenvalue weighted by atomic mass is 32.1. The molecule has 0 amide bonds. The van der Waals surface area contributed by atoms with Crippen molar-refractivity contribution in [3.05, 3.63) is 47.8 Å². The second kappa shape index (κ2) is 8.93. The van der Waals surface area contributed by atoms with Crippen molar-refractivity contribution in [2.45, 2.75) is 33.1 Å². The molecule has 0 fully saturated rings. The van der Waals surface area contributed by atoms with Crippen LogP contribution in [-0.2, 0) is 6.42 Å². The van der Waals surface area contributed by atoms with Gasteiger partial charge in [-0.15, -0.1) is 11.3 Å². The smallest absolute Gasteiger partial charge is 0.230 e. The molecule has 1 aromatic carbocycles. The van der Waals surface area contributed by atoms with E-state index in [1.54, 1.807) is 36.5 Å². The summed E-state index contributed by atoms with van der Waals surface area (Å²) in [6.07, 6.45) is 5.25. The van der Waals surface area contributed by atoms with Crippen LogP contribution in [0.5, 0.6) is 0 Å². The van der Waals surface area contributed by atoms with Crippen LogP contribution in [0.25, 0.3) is 21.1 Å². The van der Waals surface area contributed by atoms with E-state index in [-0.39, 0.29) is 5.96 Å². The molecule has 2 aromatic heterocycles. The molecule has 2 heterocycles. The minimum atomic E-state index is 0.238. The molecule has 7 heteroatoms. The van der Waals surface area contributed by atoms with Crippen molar-refractivity contribution in [2.75, 3.05) is 19.4 Å². The Morgan fingerprint density at radius 2 is 1.89 bits per heavy atom. The second-order valence-electron chi connectivity index (χ2n) is 6.87. The van der Waals surface area contributed by atoms with Crippen LogP contribution in [0.2, 0.25) is 0 Å². The van der Waals surface area contributed by atoms with Gasteiger partial charge in [0.05, 0.1) is 16.3 Å². The summed E-state index contributed by atoms with van der Waals surface area (Å²) in [6, 6.07) is 10.6. The number of guanidine groups is 1. The fourth-order valence-corrected chi connectivity index (χ4v) is 3.76. The molecular formula is C21H26N6S. The van der Waals surface area contributed by atoms with Crippen molar-refractivity contribution in [1.82, 2.24) is 19.9 Å². The van der Waals surface area contributed by atoms with Gasteiger partial charge in [0.2, 0.25) is 5.95 Å². The summed E-state index contributed by atoms with van der Waals surface area (Å²) < 4.78 is 0. The summed E-state index contributed by atoms with van der Waals surface area (Å²) in [4.78, 5) is 16.2. The molecule has 146 valence electrons. The molecule has 0 atom stereocenters. The lowest BCUT2D eigenvalue weighted by molar-refractivity contribution is 0.615. The molecule has 0 saturated carbocycles. The highest BCUT2D eigenvalue weighted by Crippen LogP contribution is 2.34. The summed E-state index contributed by atoms with van der Waals surface area (Å²) in [7, 11) is 3.60. The standard InChI is InChI=1S/C21H26N6S/c1-5-6-7-15-8-10-16(11-9-15)19-24-14(2)18(28-19)17-12-13-23-21(25-17)26-20(22)27(3)4/h8-13H,5-7H2,1-4H3,(H2,22,23,25,26). The predicted molar refractivity (Wildman–Crippen MR) is 117 cm³/mol. The van der Waals surface area contributed by atoms with E-state index in [9.17, 15) is 0 Å². The first-order valence-corrected chi connectivity index (χ1v) is 10.2. The molecule has 6 nitrogen and oxygen atoms in total. The van der Waals surface area contributed by atoms with Gasteiger partial charge in [0.25, 0.3) is 0 Å². The van der Waals surface area contributed by atoms with Gasteiger partial charge in [-0.2, -0.15) is 0 Å². The zero-order chi connectivity index (χ0) is 20.1. The van der Waals surface area contributed by atoms with Gasteiger partial charge in [0.1, 0.15) is 5.01 Å². The molecular weight excluding hydrogens is 368 g/mol. The van der Waals surface area contributed by atoms with E-state index in [1.165, 1.54) is 18.4 Å². The van der Waals surface area contributed by atoms with Gasteiger partial charge in [0.15, 0.2) is 5.96 Å². The number of rotatable bonds is 6. The van der Waals surface area contributed by atoms with Crippen molar-refractivity contribution >= 4 is 23.2 Å². The van der Waals surface area contributed by atoms with Crippen LogP contribution < -0.4 is 5.32 Å². The van der Waals surface area contributed by atoms with Gasteiger partial charge in [-0.05, 0) is 31.4 Å². The number of aromatic nitrogens is 3. The number of hydrogen-bond acceptors (Lipinski definition) is 5. The van der Waals surface area contributed by atoms with E-state index in [2.05, 4.69) is 46.5 Å². The van der Waals surface area contributed by atoms with Gasteiger partial charge in [-0.1, -0.05) is 37.6 Å². The number of thiazole rings is 1. The van der Waals surface area contributed by atoms with E-state index >= 15 is 0 Å². The van der Waals surface area contributed by atoms with E-state index in [0.717, 1.165) is 33.3 Å². The SMILES string of the molecule is CCCCc1ccc(-c2nc(C)c(-c3ccnc(NC(=N)N(C)C)n3)s2)cc1. The van der Waals surface area contributed by atoms with Crippen LogP contribution in [0.15, 0.2) is 36.5 Å². The Hall–Kier alpha value is -2.80. The average molecular weight is 395 g/mol. The first kappa shape index (κ1) is 19.9. The third-order valence-electron chi connectivity index (χ3n) is 4.38. The monoisotopic (exact) mass is 394 g/mol. The number of nitrogens with one attached hydrogen (secondary N) is 2. The number of hydrogen-bond donors (Lipinski definition) is 2. The molecule has 3 rings (SSSR count). The summed E-state index contributed by atoms with van der Waals surface area (Å²) in [5.74, 6) is 0.646. The van der Waals surface area contributed by atoms with Crippen molar-refractivity contribution in [2.24, 2.45) is 0 Å². The molecule has 0 spiro atoms. The first-order valence-electron chi connectivity index (χ1n) is 9.41. The molecule has 0 bridgehead atoms. The highest BCUT2D eigenvalue weighted by molar-refractivity contribution is 7.18. The topological polar surface area (TPSA) is 77.8 Å². The molecule has 0 unspecified atom stereocenters. The molecule has 0 aliphatic heterocycles. The Bertz CT molecular complexity index is 946. The lowest BCUT2D eigenvalue weighted by Gasteiger charge is -2.14. The van der Waals surface area contributed by atoms with Crippen molar-refractivity contribution in [3.63, 3.8) is 0 Å². The minimum Gasteiger partial charge on any atom is -0.349 e. The summed E-state index contributed by atoms with van der Waals surface area (Å²) >= 11 is 1.63. The Balaban J connectivity index is 1.83. The van der Waals surface area contributed by atoms with Crippen LogP contribution >= 0.6 is 11.3 Å². The molecule has 28 heavy (non-hydrogen) atoms. The lowest BCUT2D eigenvalue weighted by atomic mass is 10.1. The van der Waals surface area contributed by atoms with Crippen LogP contribution in [0.3, 0.4) is 0 Å². The normalized spacial score (nSPS) is 10.7. The van der Waals surface area contributed by atoms with Crippen LogP contribution in [0.1, 0.15) is 31.0 Å². The largest absolute Gasteiger partial charge is 0.349 e. The van der Waals surface area contributed by atoms with E-state index in [0.29, 0.717) is 5.95 Å². The van der Waals surface area contributed by atoms with Gasteiger partial charge in [0, 0.05) is 25.9 Å². The van der Waals surface area contributed by atoms with Gasteiger partial charge in [-0.3, -0.25) is 10.7 Å². The number of unbranched alkanes of at least 4 members (excludes halogenated alkanes) is 1. The Labute approximate surface area is 170 Å². The molecule has 0 radical (unpaired) electrons. The number of anilines is 1. The maximum Gasteiger partial charge on any atom is 0.230 e. The fraction of sp³-hybridized carbons (Fsp3) is 0.333. The third-order valence-corrected chi connectivity index (χ3v) is 5.61. The Kier molecular flexibility index (Phi) is 6.36. The summed E-state index contributed by atoms with van der Waals surface area (Å²) in [6.45, 7) is 4.22. The Morgan fingerprint density at radius 3 is 2.57 bits per heavy atom. The Morgan fingerprint density at radius 1 is 1.14 bits per heavy atom. The van der Waals surface area contributed by atoms with Crippen LogP contribution in [0.4, 0.5) is 5.95 Å². The molecule has 3 aromatic rings. The maximum absolute atomic E-state index is 7.90. The maximum atomic E-state index is 7.90. The number of aryl methyl sites for hydroxylation is 2. The van der Waals surface area contributed by atoms with Gasteiger partial charge < -0.3 is 4.90 Å². The lowest BCUT2D eigenvalue weighted by Crippen LogP contribution is -2.29. The molecule has 2 N–H and O–H groups in total. The van der Waals surface area contributed by atoms with Crippen molar-refractivity contribution in [1.29, 1.82) is 5.41 Å². The number of nitrogens with zero attached hydrogens (tertiary/aromatic N) is 4. The predicted octanol–water partition coefficient (Wildman–Crippen LogP) is 4.83. The zero-order valence-corrected chi connectivity index (χ0v) is 17.6. The van der Waals surface area contributed by atoms with Gasteiger partial charge in [-0.25, -0.2) is 15.0 Å².